The molecule has 3 rings (SSSR count). The molecule has 1 saturated heterocycles. The second-order valence-corrected chi connectivity index (χ2v) is 6.90. The maximum absolute atomic E-state index is 12.8. The van der Waals surface area contributed by atoms with Crippen molar-refractivity contribution in [3.63, 3.8) is 0 Å². The Morgan fingerprint density at radius 3 is 2.85 bits per heavy atom. The molecule has 6 nitrogen and oxygen atoms in total. The molecule has 0 spiro atoms. The van der Waals surface area contributed by atoms with E-state index in [2.05, 4.69) is 10.2 Å². The summed E-state index contributed by atoms with van der Waals surface area (Å²) in [6.45, 7) is 5.03. The highest BCUT2D eigenvalue weighted by atomic mass is 16.5. The Bertz CT molecular complexity index is 601. The minimum absolute atomic E-state index is 0.0466. The number of methoxy groups -OCH3 is 1. The fourth-order valence-corrected chi connectivity index (χ4v) is 3.92. The highest BCUT2D eigenvalue weighted by molar-refractivity contribution is 5.82. The van der Waals surface area contributed by atoms with Crippen LogP contribution in [-0.4, -0.2) is 56.4 Å². The maximum Gasteiger partial charge on any atom is 0.240 e. The van der Waals surface area contributed by atoms with Gasteiger partial charge in [0.15, 0.2) is 11.5 Å². The van der Waals surface area contributed by atoms with E-state index >= 15 is 0 Å². The number of amides is 1. The highest BCUT2D eigenvalue weighted by Crippen LogP contribution is 2.28. The number of hydrogen-bond donors (Lipinski definition) is 1. The van der Waals surface area contributed by atoms with Crippen LogP contribution in [0.2, 0.25) is 0 Å². The summed E-state index contributed by atoms with van der Waals surface area (Å²) in [7, 11) is 1.62. The normalized spacial score (nSPS) is 21.5. The van der Waals surface area contributed by atoms with Gasteiger partial charge in [0.2, 0.25) is 5.91 Å². The quantitative estimate of drug-likeness (QED) is 0.807. The van der Waals surface area contributed by atoms with E-state index < -0.39 is 0 Å². The molecule has 0 bridgehead atoms. The fourth-order valence-electron chi connectivity index (χ4n) is 3.92. The molecule has 26 heavy (non-hydrogen) atoms. The van der Waals surface area contributed by atoms with Crippen LogP contribution in [0.3, 0.4) is 0 Å². The second kappa shape index (κ2) is 9.24. The molecule has 1 aliphatic carbocycles. The van der Waals surface area contributed by atoms with Crippen molar-refractivity contribution < 1.29 is 19.0 Å². The lowest BCUT2D eigenvalue weighted by Gasteiger charge is -2.38. The van der Waals surface area contributed by atoms with Crippen LogP contribution in [0.15, 0.2) is 18.2 Å². The molecule has 0 radical (unpaired) electrons. The highest BCUT2D eigenvalue weighted by Gasteiger charge is 2.35. The minimum Gasteiger partial charge on any atom is -0.493 e. The van der Waals surface area contributed by atoms with Gasteiger partial charge in [0.25, 0.3) is 0 Å². The van der Waals surface area contributed by atoms with Gasteiger partial charge in [0.05, 0.1) is 26.9 Å². The molecule has 1 aromatic rings. The zero-order chi connectivity index (χ0) is 18.4. The number of hydrogen-bond acceptors (Lipinski definition) is 5. The van der Waals surface area contributed by atoms with E-state index in [0.29, 0.717) is 37.3 Å². The van der Waals surface area contributed by atoms with E-state index in [0.717, 1.165) is 18.7 Å². The van der Waals surface area contributed by atoms with Crippen molar-refractivity contribution in [2.24, 2.45) is 0 Å². The summed E-state index contributed by atoms with van der Waals surface area (Å²) < 4.78 is 16.5. The monoisotopic (exact) mass is 362 g/mol. The van der Waals surface area contributed by atoms with Crippen molar-refractivity contribution in [2.45, 2.75) is 51.2 Å². The molecule has 1 N–H and O–H groups in total. The average molecular weight is 362 g/mol. The Balaban J connectivity index is 1.61. The SMILES string of the molecule is CCOc1cc(CNC(=O)C2COCCN2C2CCCC2)ccc1OC. The second-order valence-electron chi connectivity index (χ2n) is 6.90. The molecule has 6 heteroatoms. The van der Waals surface area contributed by atoms with Gasteiger partial charge < -0.3 is 19.5 Å². The van der Waals surface area contributed by atoms with Gasteiger partial charge in [-0.15, -0.1) is 0 Å². The first-order valence-corrected chi connectivity index (χ1v) is 9.63. The summed E-state index contributed by atoms with van der Waals surface area (Å²) in [6, 6.07) is 6.10. The lowest BCUT2D eigenvalue weighted by Crippen LogP contribution is -2.56. The Kier molecular flexibility index (Phi) is 6.74. The summed E-state index contributed by atoms with van der Waals surface area (Å²) in [6.07, 6.45) is 4.92. The zero-order valence-corrected chi connectivity index (χ0v) is 15.8. The molecule has 1 aliphatic heterocycles. The van der Waals surface area contributed by atoms with Gasteiger partial charge in [-0.3, -0.25) is 9.69 Å². The van der Waals surface area contributed by atoms with Gasteiger partial charge in [-0.2, -0.15) is 0 Å². The van der Waals surface area contributed by atoms with Crippen LogP contribution in [0.4, 0.5) is 0 Å². The molecule has 1 amide bonds. The third-order valence-corrected chi connectivity index (χ3v) is 5.26. The molecule has 2 aliphatic rings. The standard InChI is InChI=1S/C20H30N2O4/c1-3-26-19-12-15(8-9-18(19)24-2)13-21-20(23)17-14-25-11-10-22(17)16-6-4-5-7-16/h8-9,12,16-17H,3-7,10-11,13-14H2,1-2H3,(H,21,23). The predicted molar refractivity (Wildman–Crippen MR) is 99.6 cm³/mol. The van der Waals surface area contributed by atoms with E-state index in [1.807, 2.05) is 25.1 Å². The van der Waals surface area contributed by atoms with Crippen LogP contribution in [0.5, 0.6) is 11.5 Å². The molecular formula is C20H30N2O4. The number of morpholine rings is 1. The zero-order valence-electron chi connectivity index (χ0n) is 15.8. The van der Waals surface area contributed by atoms with Crippen LogP contribution >= 0.6 is 0 Å². The number of carbonyl (C=O) groups is 1. The number of nitrogens with zero attached hydrogens (tertiary/aromatic N) is 1. The number of ether oxygens (including phenoxy) is 3. The third-order valence-electron chi connectivity index (χ3n) is 5.26. The minimum atomic E-state index is -0.184. The first-order valence-electron chi connectivity index (χ1n) is 9.63. The van der Waals surface area contributed by atoms with Crippen LogP contribution in [0, 0.1) is 0 Å². The van der Waals surface area contributed by atoms with Gasteiger partial charge in [-0.05, 0) is 37.5 Å². The van der Waals surface area contributed by atoms with Crippen molar-refractivity contribution in [2.75, 3.05) is 33.5 Å². The van der Waals surface area contributed by atoms with Gasteiger partial charge in [0, 0.05) is 19.1 Å². The molecule has 1 heterocycles. The lowest BCUT2D eigenvalue weighted by atomic mass is 10.1. The van der Waals surface area contributed by atoms with E-state index in [4.69, 9.17) is 14.2 Å². The summed E-state index contributed by atoms with van der Waals surface area (Å²) in [5, 5.41) is 3.07. The topological polar surface area (TPSA) is 60.0 Å². The van der Waals surface area contributed by atoms with Crippen LogP contribution in [0.25, 0.3) is 0 Å². The van der Waals surface area contributed by atoms with E-state index in [1.165, 1.54) is 25.7 Å². The fraction of sp³-hybridized carbons (Fsp3) is 0.650. The molecule has 144 valence electrons. The number of nitrogens with one attached hydrogen (secondary N) is 1. The van der Waals surface area contributed by atoms with E-state index in [9.17, 15) is 4.79 Å². The Morgan fingerprint density at radius 2 is 2.12 bits per heavy atom. The molecule has 1 atom stereocenters. The van der Waals surface area contributed by atoms with E-state index in [-0.39, 0.29) is 11.9 Å². The van der Waals surface area contributed by atoms with Crippen LogP contribution in [0.1, 0.15) is 38.2 Å². The van der Waals surface area contributed by atoms with Gasteiger partial charge in [0.1, 0.15) is 6.04 Å². The summed E-state index contributed by atoms with van der Waals surface area (Å²) >= 11 is 0. The summed E-state index contributed by atoms with van der Waals surface area (Å²) in [5.74, 6) is 1.45. The molecule has 1 unspecified atom stereocenters. The summed E-state index contributed by atoms with van der Waals surface area (Å²) in [4.78, 5) is 15.1. The van der Waals surface area contributed by atoms with E-state index in [1.54, 1.807) is 7.11 Å². The van der Waals surface area contributed by atoms with Crippen molar-refractivity contribution in [1.82, 2.24) is 10.2 Å². The van der Waals surface area contributed by atoms with Crippen molar-refractivity contribution >= 4 is 5.91 Å². The average Bonchev–Trinajstić information content (AvgIpc) is 3.21. The molecular weight excluding hydrogens is 332 g/mol. The van der Waals surface area contributed by atoms with Crippen molar-refractivity contribution in [3.05, 3.63) is 23.8 Å². The summed E-state index contributed by atoms with van der Waals surface area (Å²) in [5.41, 5.74) is 0.992. The Hall–Kier alpha value is -1.79. The third kappa shape index (κ3) is 4.48. The Morgan fingerprint density at radius 1 is 1.31 bits per heavy atom. The lowest BCUT2D eigenvalue weighted by molar-refractivity contribution is -0.134. The predicted octanol–water partition coefficient (Wildman–Crippen LogP) is 2.35. The molecule has 2 fully saturated rings. The first kappa shape index (κ1) is 19.0. The number of rotatable bonds is 7. The van der Waals surface area contributed by atoms with Gasteiger partial charge in [-0.1, -0.05) is 18.9 Å². The van der Waals surface area contributed by atoms with Gasteiger partial charge >= 0.3 is 0 Å². The van der Waals surface area contributed by atoms with Gasteiger partial charge in [-0.25, -0.2) is 0 Å². The molecule has 0 aromatic heterocycles. The first-order chi connectivity index (χ1) is 12.7. The maximum atomic E-state index is 12.8. The molecule has 1 aromatic carbocycles. The number of benzene rings is 1. The van der Waals surface area contributed by atoms with Crippen LogP contribution < -0.4 is 14.8 Å². The number of carbonyl (C=O) groups excluding carboxylic acids is 1. The van der Waals surface area contributed by atoms with Crippen LogP contribution in [-0.2, 0) is 16.1 Å². The van der Waals surface area contributed by atoms with Crippen molar-refractivity contribution in [1.29, 1.82) is 0 Å². The largest absolute Gasteiger partial charge is 0.493 e. The molecule has 1 saturated carbocycles. The van der Waals surface area contributed by atoms with Crippen molar-refractivity contribution in [3.8, 4) is 11.5 Å². The smallest absolute Gasteiger partial charge is 0.240 e. The Labute approximate surface area is 155 Å².